The first-order valence-corrected chi connectivity index (χ1v) is 7.48. The molecule has 1 aromatic carbocycles. The van der Waals surface area contributed by atoms with E-state index in [0.29, 0.717) is 19.8 Å². The third-order valence-electron chi connectivity index (χ3n) is 3.52. The maximum Gasteiger partial charge on any atom is 0.418 e. The lowest BCUT2D eigenvalue weighted by Crippen LogP contribution is -2.38. The van der Waals surface area contributed by atoms with Crippen LogP contribution in [0.25, 0.3) is 0 Å². The van der Waals surface area contributed by atoms with Crippen molar-refractivity contribution in [3.05, 3.63) is 29.8 Å². The summed E-state index contributed by atoms with van der Waals surface area (Å²) in [5, 5.41) is 4.83. The largest absolute Gasteiger partial charge is 0.418 e. The molecule has 0 aliphatic carbocycles. The summed E-state index contributed by atoms with van der Waals surface area (Å²) >= 11 is 0. The van der Waals surface area contributed by atoms with Crippen LogP contribution in [0.4, 0.5) is 23.7 Å². The first kappa shape index (κ1) is 17.6. The number of hydrogen-bond acceptors (Lipinski definition) is 3. The molecular formula is C15H20F3N3O2. The van der Waals surface area contributed by atoms with Crippen molar-refractivity contribution in [3.63, 3.8) is 0 Å². The number of carbonyl (C=O) groups is 1. The van der Waals surface area contributed by atoms with E-state index in [2.05, 4.69) is 15.5 Å². The van der Waals surface area contributed by atoms with E-state index in [1.54, 1.807) is 0 Å². The number of para-hydroxylation sites is 1. The van der Waals surface area contributed by atoms with Crippen LogP contribution in [-0.2, 0) is 10.9 Å². The first-order valence-electron chi connectivity index (χ1n) is 7.48. The topological polar surface area (TPSA) is 53.6 Å². The number of anilines is 1. The van der Waals surface area contributed by atoms with Crippen LogP contribution in [0.3, 0.4) is 0 Å². The maximum atomic E-state index is 12.8. The zero-order valence-electron chi connectivity index (χ0n) is 12.7. The highest BCUT2D eigenvalue weighted by atomic mass is 19.4. The van der Waals surface area contributed by atoms with Gasteiger partial charge < -0.3 is 15.4 Å². The average Bonchev–Trinajstić information content (AvgIpc) is 2.52. The van der Waals surface area contributed by atoms with Gasteiger partial charge in [0.05, 0.1) is 24.5 Å². The van der Waals surface area contributed by atoms with Gasteiger partial charge in [0.15, 0.2) is 0 Å². The number of ether oxygens (including phenoxy) is 1. The van der Waals surface area contributed by atoms with Crippen molar-refractivity contribution in [2.45, 2.75) is 12.6 Å². The van der Waals surface area contributed by atoms with Crippen molar-refractivity contribution in [1.82, 2.24) is 10.2 Å². The van der Waals surface area contributed by atoms with Crippen LogP contribution in [0.2, 0.25) is 0 Å². The highest BCUT2D eigenvalue weighted by Gasteiger charge is 2.33. The van der Waals surface area contributed by atoms with Crippen LogP contribution in [0, 0.1) is 0 Å². The molecule has 0 aromatic heterocycles. The number of rotatable bonds is 5. The van der Waals surface area contributed by atoms with Gasteiger partial charge in [-0.1, -0.05) is 12.1 Å². The molecule has 1 aromatic rings. The third kappa shape index (κ3) is 5.72. The van der Waals surface area contributed by atoms with E-state index in [-0.39, 0.29) is 5.69 Å². The Morgan fingerprint density at radius 1 is 1.22 bits per heavy atom. The smallest absolute Gasteiger partial charge is 0.379 e. The molecule has 2 rings (SSSR count). The molecule has 0 unspecified atom stereocenters. The first-order chi connectivity index (χ1) is 11.0. The van der Waals surface area contributed by atoms with E-state index < -0.39 is 17.8 Å². The fourth-order valence-corrected chi connectivity index (χ4v) is 2.34. The van der Waals surface area contributed by atoms with E-state index >= 15 is 0 Å². The SMILES string of the molecule is O=C(NCCCN1CCOCC1)Nc1ccccc1C(F)(F)F. The van der Waals surface area contributed by atoms with Gasteiger partial charge in [-0.15, -0.1) is 0 Å². The molecule has 23 heavy (non-hydrogen) atoms. The third-order valence-corrected chi connectivity index (χ3v) is 3.52. The van der Waals surface area contributed by atoms with Crippen LogP contribution in [-0.4, -0.2) is 50.3 Å². The lowest BCUT2D eigenvalue weighted by Gasteiger charge is -2.26. The van der Waals surface area contributed by atoms with Crippen LogP contribution in [0.1, 0.15) is 12.0 Å². The van der Waals surface area contributed by atoms with Gasteiger partial charge in [0, 0.05) is 19.6 Å². The van der Waals surface area contributed by atoms with E-state index in [0.717, 1.165) is 32.1 Å². The summed E-state index contributed by atoms with van der Waals surface area (Å²) in [5.41, 5.74) is -1.10. The van der Waals surface area contributed by atoms with Gasteiger partial charge in [-0.05, 0) is 25.1 Å². The zero-order chi connectivity index (χ0) is 16.7. The molecule has 0 spiro atoms. The molecule has 2 amide bonds. The molecule has 8 heteroatoms. The zero-order valence-corrected chi connectivity index (χ0v) is 12.7. The monoisotopic (exact) mass is 331 g/mol. The molecule has 0 radical (unpaired) electrons. The molecule has 1 heterocycles. The number of alkyl halides is 3. The molecule has 0 saturated carbocycles. The fraction of sp³-hybridized carbons (Fsp3) is 0.533. The second-order valence-electron chi connectivity index (χ2n) is 5.23. The second kappa shape index (κ2) is 8.16. The van der Waals surface area contributed by atoms with Crippen molar-refractivity contribution in [1.29, 1.82) is 0 Å². The van der Waals surface area contributed by atoms with E-state index in [9.17, 15) is 18.0 Å². The van der Waals surface area contributed by atoms with Crippen LogP contribution >= 0.6 is 0 Å². The Labute approximate surface area is 132 Å². The normalized spacial score (nSPS) is 16.1. The second-order valence-corrected chi connectivity index (χ2v) is 5.23. The highest BCUT2D eigenvalue weighted by Crippen LogP contribution is 2.34. The lowest BCUT2D eigenvalue weighted by molar-refractivity contribution is -0.136. The van der Waals surface area contributed by atoms with Crippen molar-refractivity contribution in [3.8, 4) is 0 Å². The van der Waals surface area contributed by atoms with Gasteiger partial charge in [0.1, 0.15) is 0 Å². The van der Waals surface area contributed by atoms with E-state index in [1.165, 1.54) is 18.2 Å². The standard InChI is InChI=1S/C15H20F3N3O2/c16-15(17,18)12-4-1-2-5-13(12)20-14(22)19-6-3-7-21-8-10-23-11-9-21/h1-2,4-5H,3,6-11H2,(H2,19,20,22). The van der Waals surface area contributed by atoms with Gasteiger partial charge in [-0.2, -0.15) is 13.2 Å². The number of nitrogens with zero attached hydrogens (tertiary/aromatic N) is 1. The van der Waals surface area contributed by atoms with Crippen LogP contribution in [0.5, 0.6) is 0 Å². The number of benzene rings is 1. The number of nitrogens with one attached hydrogen (secondary N) is 2. The van der Waals surface area contributed by atoms with Crippen molar-refractivity contribution >= 4 is 11.7 Å². The molecule has 128 valence electrons. The average molecular weight is 331 g/mol. The Bertz CT molecular complexity index is 517. The minimum absolute atomic E-state index is 0.245. The Morgan fingerprint density at radius 3 is 2.61 bits per heavy atom. The number of amides is 2. The minimum atomic E-state index is -4.50. The Balaban J connectivity index is 1.74. The van der Waals surface area contributed by atoms with Crippen molar-refractivity contribution in [2.75, 3.05) is 44.7 Å². The Kier molecular flexibility index (Phi) is 6.23. The summed E-state index contributed by atoms with van der Waals surface area (Å²) < 4.78 is 43.7. The van der Waals surface area contributed by atoms with Crippen LogP contribution in [0.15, 0.2) is 24.3 Å². The lowest BCUT2D eigenvalue weighted by atomic mass is 10.1. The van der Waals surface area contributed by atoms with E-state index in [4.69, 9.17) is 4.74 Å². The molecular weight excluding hydrogens is 311 g/mol. The maximum absolute atomic E-state index is 12.8. The molecule has 1 aliphatic rings. The highest BCUT2D eigenvalue weighted by molar-refractivity contribution is 5.90. The van der Waals surface area contributed by atoms with E-state index in [1.807, 2.05) is 0 Å². The summed E-state index contributed by atoms with van der Waals surface area (Å²) in [7, 11) is 0. The number of hydrogen-bond donors (Lipinski definition) is 2. The molecule has 0 atom stereocenters. The molecule has 1 saturated heterocycles. The molecule has 0 bridgehead atoms. The molecule has 1 aliphatic heterocycles. The molecule has 1 fully saturated rings. The summed E-state index contributed by atoms with van der Waals surface area (Å²) in [6.07, 6.45) is -3.77. The van der Waals surface area contributed by atoms with Crippen LogP contribution < -0.4 is 10.6 Å². The number of urea groups is 1. The fourth-order valence-electron chi connectivity index (χ4n) is 2.34. The van der Waals surface area contributed by atoms with Gasteiger partial charge in [-0.25, -0.2) is 4.79 Å². The van der Waals surface area contributed by atoms with Gasteiger partial charge in [-0.3, -0.25) is 4.90 Å². The number of carbonyl (C=O) groups excluding carboxylic acids is 1. The predicted molar refractivity (Wildman–Crippen MR) is 80.3 cm³/mol. The quantitative estimate of drug-likeness (QED) is 0.816. The number of halogens is 3. The van der Waals surface area contributed by atoms with Gasteiger partial charge >= 0.3 is 12.2 Å². The summed E-state index contributed by atoms with van der Waals surface area (Å²) in [6, 6.07) is 4.27. The van der Waals surface area contributed by atoms with Gasteiger partial charge in [0.2, 0.25) is 0 Å². The number of morpholine rings is 1. The Morgan fingerprint density at radius 2 is 1.91 bits per heavy atom. The summed E-state index contributed by atoms with van der Waals surface area (Å²) in [5.74, 6) is 0. The summed E-state index contributed by atoms with van der Waals surface area (Å²) in [6.45, 7) is 4.38. The molecule has 2 N–H and O–H groups in total. The predicted octanol–water partition coefficient (Wildman–Crippen LogP) is 2.55. The van der Waals surface area contributed by atoms with Crippen molar-refractivity contribution in [2.24, 2.45) is 0 Å². The van der Waals surface area contributed by atoms with Crippen molar-refractivity contribution < 1.29 is 22.7 Å². The summed E-state index contributed by atoms with van der Waals surface area (Å²) in [4.78, 5) is 13.9. The Hall–Kier alpha value is -1.80. The van der Waals surface area contributed by atoms with Gasteiger partial charge in [0.25, 0.3) is 0 Å². The minimum Gasteiger partial charge on any atom is -0.379 e. The molecule has 5 nitrogen and oxygen atoms in total.